The molecule has 1 aliphatic rings. The highest BCUT2D eigenvalue weighted by Gasteiger charge is 2.24. The minimum Gasteiger partial charge on any atom is -0.366 e. The molecule has 1 fully saturated rings. The Morgan fingerprint density at radius 1 is 1.26 bits per heavy atom. The number of hydrogen-bond donors (Lipinski definition) is 3. The zero-order valence-corrected chi connectivity index (χ0v) is 13.8. The largest absolute Gasteiger partial charge is 0.366 e. The first-order valence-corrected chi connectivity index (χ1v) is 7.62. The minimum atomic E-state index is -0.285. The first kappa shape index (κ1) is 17.5. The van der Waals surface area contributed by atoms with E-state index in [4.69, 9.17) is 0 Å². The topological polar surface area (TPSA) is 56.9 Å². The minimum absolute atomic E-state index is 0. The average molecular weight is 338 g/mol. The lowest BCUT2D eigenvalue weighted by molar-refractivity contribution is 0.0920. The Kier molecular flexibility index (Phi) is 5.80. The number of carbonyl (C=O) groups is 1. The zero-order chi connectivity index (χ0) is 15.5. The van der Waals surface area contributed by atoms with Gasteiger partial charge in [0, 0.05) is 30.0 Å². The van der Waals surface area contributed by atoms with E-state index in [0.29, 0.717) is 5.56 Å². The van der Waals surface area contributed by atoms with E-state index in [2.05, 4.69) is 22.5 Å². The van der Waals surface area contributed by atoms with Gasteiger partial charge in [-0.2, -0.15) is 0 Å². The number of amides is 1. The molecular weight excluding hydrogens is 317 g/mol. The van der Waals surface area contributed by atoms with Crippen LogP contribution in [0.1, 0.15) is 30.1 Å². The highest BCUT2D eigenvalue weighted by atomic mass is 35.5. The molecule has 1 aliphatic heterocycles. The first-order valence-electron chi connectivity index (χ1n) is 7.62. The average Bonchev–Trinajstić information content (AvgIpc) is 3.00. The smallest absolute Gasteiger partial charge is 0.253 e. The SMILES string of the molecule is CC1NCCCC1NC(=O)c1c[nH]cc1-c1ccc(F)cc1.Cl. The summed E-state index contributed by atoms with van der Waals surface area (Å²) >= 11 is 0. The molecule has 2 atom stereocenters. The van der Waals surface area contributed by atoms with E-state index in [-0.39, 0.29) is 36.2 Å². The van der Waals surface area contributed by atoms with Gasteiger partial charge in [-0.25, -0.2) is 4.39 Å². The molecule has 2 unspecified atom stereocenters. The first-order chi connectivity index (χ1) is 10.6. The number of halogens is 2. The summed E-state index contributed by atoms with van der Waals surface area (Å²) in [6.07, 6.45) is 5.50. The Balaban J connectivity index is 0.00000192. The maximum absolute atomic E-state index is 13.0. The van der Waals surface area contributed by atoms with Crippen molar-refractivity contribution in [2.45, 2.75) is 31.8 Å². The molecule has 2 aromatic rings. The number of H-pyrrole nitrogens is 1. The van der Waals surface area contributed by atoms with Gasteiger partial charge >= 0.3 is 0 Å². The fourth-order valence-electron chi connectivity index (χ4n) is 2.91. The van der Waals surface area contributed by atoms with Crippen LogP contribution in [0.25, 0.3) is 11.1 Å². The summed E-state index contributed by atoms with van der Waals surface area (Å²) in [5.41, 5.74) is 2.20. The van der Waals surface area contributed by atoms with Crippen molar-refractivity contribution in [1.82, 2.24) is 15.6 Å². The lowest BCUT2D eigenvalue weighted by Crippen LogP contribution is -2.51. The molecule has 1 amide bonds. The predicted molar refractivity (Wildman–Crippen MR) is 91.4 cm³/mol. The fourth-order valence-corrected chi connectivity index (χ4v) is 2.91. The van der Waals surface area contributed by atoms with E-state index in [0.717, 1.165) is 30.5 Å². The summed E-state index contributed by atoms with van der Waals surface area (Å²) in [7, 11) is 0. The molecule has 1 aromatic heterocycles. The Labute approximate surface area is 141 Å². The second-order valence-electron chi connectivity index (χ2n) is 5.75. The van der Waals surface area contributed by atoms with Gasteiger partial charge in [-0.3, -0.25) is 4.79 Å². The molecule has 1 aromatic carbocycles. The summed E-state index contributed by atoms with van der Waals surface area (Å²) in [5.74, 6) is -0.381. The normalized spacial score (nSPS) is 20.6. The predicted octanol–water partition coefficient (Wildman–Crippen LogP) is 3.11. The van der Waals surface area contributed by atoms with Gasteiger partial charge in [-0.15, -0.1) is 12.4 Å². The van der Waals surface area contributed by atoms with Crippen molar-refractivity contribution in [3.8, 4) is 11.1 Å². The Bertz CT molecular complexity index is 656. The molecule has 1 saturated heterocycles. The number of benzene rings is 1. The van der Waals surface area contributed by atoms with Crippen LogP contribution in [0.2, 0.25) is 0 Å². The maximum Gasteiger partial charge on any atom is 0.253 e. The summed E-state index contributed by atoms with van der Waals surface area (Å²) in [6.45, 7) is 3.08. The van der Waals surface area contributed by atoms with Gasteiger partial charge in [-0.05, 0) is 44.0 Å². The molecule has 0 spiro atoms. The van der Waals surface area contributed by atoms with Crippen LogP contribution < -0.4 is 10.6 Å². The lowest BCUT2D eigenvalue weighted by Gasteiger charge is -2.30. The lowest BCUT2D eigenvalue weighted by atomic mass is 9.98. The van der Waals surface area contributed by atoms with E-state index >= 15 is 0 Å². The van der Waals surface area contributed by atoms with Crippen molar-refractivity contribution in [3.05, 3.63) is 48.0 Å². The van der Waals surface area contributed by atoms with Gasteiger partial charge in [0.1, 0.15) is 5.82 Å². The molecule has 4 nitrogen and oxygen atoms in total. The van der Waals surface area contributed by atoms with Crippen LogP contribution in [0.5, 0.6) is 0 Å². The number of hydrogen-bond acceptors (Lipinski definition) is 2. The molecule has 23 heavy (non-hydrogen) atoms. The van der Waals surface area contributed by atoms with Crippen molar-refractivity contribution in [2.24, 2.45) is 0 Å². The summed E-state index contributed by atoms with van der Waals surface area (Å²) in [6, 6.07) is 6.57. The van der Waals surface area contributed by atoms with Crippen molar-refractivity contribution in [1.29, 1.82) is 0 Å². The van der Waals surface area contributed by atoms with E-state index in [1.165, 1.54) is 12.1 Å². The van der Waals surface area contributed by atoms with Crippen molar-refractivity contribution < 1.29 is 9.18 Å². The molecule has 0 aliphatic carbocycles. The van der Waals surface area contributed by atoms with E-state index in [9.17, 15) is 9.18 Å². The molecule has 3 rings (SSSR count). The van der Waals surface area contributed by atoms with Gasteiger partial charge in [0.25, 0.3) is 5.91 Å². The Morgan fingerprint density at radius 2 is 2.00 bits per heavy atom. The highest BCUT2D eigenvalue weighted by molar-refractivity contribution is 6.01. The van der Waals surface area contributed by atoms with Crippen LogP contribution >= 0.6 is 12.4 Å². The van der Waals surface area contributed by atoms with Crippen molar-refractivity contribution in [2.75, 3.05) is 6.54 Å². The molecule has 2 heterocycles. The molecular formula is C17H21ClFN3O. The van der Waals surface area contributed by atoms with E-state index in [1.807, 2.05) is 0 Å². The summed E-state index contributed by atoms with van der Waals surface area (Å²) < 4.78 is 13.0. The second kappa shape index (κ2) is 7.62. The second-order valence-corrected chi connectivity index (χ2v) is 5.75. The van der Waals surface area contributed by atoms with Gasteiger partial charge in [0.05, 0.1) is 5.56 Å². The molecule has 124 valence electrons. The third-order valence-electron chi connectivity index (χ3n) is 4.22. The Hall–Kier alpha value is -1.85. The van der Waals surface area contributed by atoms with Gasteiger partial charge in [-0.1, -0.05) is 12.1 Å². The van der Waals surface area contributed by atoms with E-state index < -0.39 is 0 Å². The number of aromatic amines is 1. The Morgan fingerprint density at radius 3 is 2.70 bits per heavy atom. The number of nitrogens with one attached hydrogen (secondary N) is 3. The molecule has 3 N–H and O–H groups in total. The van der Waals surface area contributed by atoms with Crippen LogP contribution in [0, 0.1) is 5.82 Å². The summed E-state index contributed by atoms with van der Waals surface area (Å²) in [4.78, 5) is 15.5. The quantitative estimate of drug-likeness (QED) is 0.806. The van der Waals surface area contributed by atoms with Crippen LogP contribution in [0.4, 0.5) is 4.39 Å². The van der Waals surface area contributed by atoms with Gasteiger partial charge in [0.15, 0.2) is 0 Å². The van der Waals surface area contributed by atoms with E-state index in [1.54, 1.807) is 24.5 Å². The van der Waals surface area contributed by atoms with Crippen LogP contribution in [-0.4, -0.2) is 29.5 Å². The molecule has 0 saturated carbocycles. The number of piperidine rings is 1. The highest BCUT2D eigenvalue weighted by Crippen LogP contribution is 2.24. The number of aromatic nitrogens is 1. The fraction of sp³-hybridized carbons (Fsp3) is 0.353. The number of rotatable bonds is 3. The summed E-state index contributed by atoms with van der Waals surface area (Å²) in [5, 5.41) is 6.47. The molecule has 0 radical (unpaired) electrons. The van der Waals surface area contributed by atoms with Crippen LogP contribution in [0.3, 0.4) is 0 Å². The standard InChI is InChI=1S/C17H20FN3O.ClH/c1-11-16(3-2-8-20-11)21-17(22)15-10-19-9-14(15)12-4-6-13(18)7-5-12;/h4-7,9-11,16,19-20H,2-3,8H2,1H3,(H,21,22);1H. The third-order valence-corrected chi connectivity index (χ3v) is 4.22. The van der Waals surface area contributed by atoms with Gasteiger partial charge < -0.3 is 15.6 Å². The van der Waals surface area contributed by atoms with Crippen LogP contribution in [-0.2, 0) is 0 Å². The van der Waals surface area contributed by atoms with Crippen molar-refractivity contribution in [3.63, 3.8) is 0 Å². The number of carbonyl (C=O) groups excluding carboxylic acids is 1. The monoisotopic (exact) mass is 337 g/mol. The molecule has 0 bridgehead atoms. The van der Waals surface area contributed by atoms with Crippen LogP contribution in [0.15, 0.2) is 36.7 Å². The zero-order valence-electron chi connectivity index (χ0n) is 12.9. The van der Waals surface area contributed by atoms with Gasteiger partial charge in [0.2, 0.25) is 0 Å². The third kappa shape index (κ3) is 3.92. The maximum atomic E-state index is 13.0. The molecule has 6 heteroatoms. The van der Waals surface area contributed by atoms with Crippen molar-refractivity contribution >= 4 is 18.3 Å².